The van der Waals surface area contributed by atoms with Gasteiger partial charge in [0.05, 0.1) is 6.20 Å². The summed E-state index contributed by atoms with van der Waals surface area (Å²) in [5.74, 6) is 0.674. The summed E-state index contributed by atoms with van der Waals surface area (Å²) in [6.07, 6.45) is 3.23. The highest BCUT2D eigenvalue weighted by molar-refractivity contribution is 7.17. The van der Waals surface area contributed by atoms with Crippen LogP contribution in [0.15, 0.2) is 18.5 Å². The summed E-state index contributed by atoms with van der Waals surface area (Å²) in [6, 6.07) is 1.88. The fraction of sp³-hybridized carbons (Fsp3) is 0.333. The summed E-state index contributed by atoms with van der Waals surface area (Å²) >= 11 is 1.26. The van der Waals surface area contributed by atoms with Crippen LogP contribution in [0.4, 0.5) is 11.1 Å². The molecule has 1 amide bonds. The molecule has 0 saturated heterocycles. The molecule has 0 aromatic carbocycles. The van der Waals surface area contributed by atoms with E-state index in [1.54, 1.807) is 13.2 Å². The van der Waals surface area contributed by atoms with E-state index in [-0.39, 0.29) is 5.91 Å². The van der Waals surface area contributed by atoms with Crippen molar-refractivity contribution >= 4 is 28.3 Å². The minimum atomic E-state index is -0.151. The molecule has 0 spiro atoms. The highest BCUT2D eigenvalue weighted by Gasteiger charge is 2.10. The number of nitrogens with one attached hydrogen (secondary N) is 2. The molecule has 0 atom stereocenters. The number of amides is 1. The lowest BCUT2D eigenvalue weighted by Crippen LogP contribution is -2.16. The van der Waals surface area contributed by atoms with Gasteiger partial charge in [0.1, 0.15) is 4.88 Å². The van der Waals surface area contributed by atoms with E-state index in [1.165, 1.54) is 17.5 Å². The zero-order valence-electron chi connectivity index (χ0n) is 11.0. The van der Waals surface area contributed by atoms with Gasteiger partial charge >= 0.3 is 0 Å². The zero-order chi connectivity index (χ0) is 13.8. The number of anilines is 2. The molecule has 2 rings (SSSR count). The van der Waals surface area contributed by atoms with E-state index in [2.05, 4.69) is 39.4 Å². The number of aromatic nitrogens is 3. The van der Waals surface area contributed by atoms with Gasteiger partial charge in [-0.2, -0.15) is 0 Å². The van der Waals surface area contributed by atoms with Crippen LogP contribution in [0.2, 0.25) is 0 Å². The Morgan fingerprint density at radius 1 is 1.37 bits per heavy atom. The largest absolute Gasteiger partial charge is 0.354 e. The molecule has 6 nitrogen and oxygen atoms in total. The number of nitrogens with zero attached hydrogens (tertiary/aromatic N) is 3. The second-order valence-electron chi connectivity index (χ2n) is 4.19. The summed E-state index contributed by atoms with van der Waals surface area (Å²) in [5.41, 5.74) is 0.959. The maximum absolute atomic E-state index is 11.4. The lowest BCUT2D eigenvalue weighted by atomic mass is 10.1. The molecule has 0 radical (unpaired) electrons. The first kappa shape index (κ1) is 13.4. The summed E-state index contributed by atoms with van der Waals surface area (Å²) in [4.78, 5) is 24.6. The topological polar surface area (TPSA) is 79.8 Å². The Morgan fingerprint density at radius 3 is 2.84 bits per heavy atom. The average Bonchev–Trinajstić information content (AvgIpc) is 2.86. The Morgan fingerprint density at radius 2 is 2.16 bits per heavy atom. The van der Waals surface area contributed by atoms with E-state index >= 15 is 0 Å². The van der Waals surface area contributed by atoms with Crippen LogP contribution in [0.5, 0.6) is 0 Å². The monoisotopic (exact) mass is 277 g/mol. The molecule has 2 aromatic heterocycles. The minimum absolute atomic E-state index is 0.151. The van der Waals surface area contributed by atoms with E-state index in [0.717, 1.165) is 5.69 Å². The number of hydrogen-bond donors (Lipinski definition) is 2. The third-order valence-electron chi connectivity index (χ3n) is 2.44. The van der Waals surface area contributed by atoms with Gasteiger partial charge < -0.3 is 10.6 Å². The van der Waals surface area contributed by atoms with E-state index in [1.807, 2.05) is 6.07 Å². The second-order valence-corrected chi connectivity index (χ2v) is 5.22. The molecule has 0 bridgehead atoms. The summed E-state index contributed by atoms with van der Waals surface area (Å²) in [6.45, 7) is 4.14. The molecule has 2 N–H and O–H groups in total. The second kappa shape index (κ2) is 5.75. The van der Waals surface area contributed by atoms with Crippen LogP contribution in [0.1, 0.15) is 35.1 Å². The molecular formula is C12H15N5OS. The number of rotatable bonds is 4. The van der Waals surface area contributed by atoms with Crippen molar-refractivity contribution < 1.29 is 4.79 Å². The van der Waals surface area contributed by atoms with Gasteiger partial charge in [-0.1, -0.05) is 25.2 Å². The Bertz CT molecular complexity index is 581. The number of carbonyl (C=O) groups excluding carboxylic acids is 1. The number of carbonyl (C=O) groups is 1. The smallest absolute Gasteiger partial charge is 0.262 e. The van der Waals surface area contributed by atoms with Gasteiger partial charge in [0, 0.05) is 18.9 Å². The average molecular weight is 277 g/mol. The maximum atomic E-state index is 11.4. The number of thiazole rings is 1. The van der Waals surface area contributed by atoms with Gasteiger partial charge in [-0.25, -0.2) is 15.0 Å². The third kappa shape index (κ3) is 3.25. The van der Waals surface area contributed by atoms with Crippen molar-refractivity contribution in [3.63, 3.8) is 0 Å². The van der Waals surface area contributed by atoms with Crippen molar-refractivity contribution in [3.8, 4) is 0 Å². The molecule has 100 valence electrons. The quantitative estimate of drug-likeness (QED) is 0.895. The van der Waals surface area contributed by atoms with E-state index in [0.29, 0.717) is 21.9 Å². The predicted octanol–water partition coefficient (Wildman–Crippen LogP) is 2.16. The number of hydrogen-bond acceptors (Lipinski definition) is 6. The third-order valence-corrected chi connectivity index (χ3v) is 3.36. The first-order valence-corrected chi connectivity index (χ1v) is 6.69. The fourth-order valence-corrected chi connectivity index (χ4v) is 2.17. The van der Waals surface area contributed by atoms with E-state index in [9.17, 15) is 4.79 Å². The standard InChI is InChI=1S/C12H15N5OS/c1-7(2)8-4-5-14-11(16-8)17-12-15-6-9(19-12)10(18)13-3/h4-7H,1-3H3,(H,13,18)(H,14,15,16,17). The maximum Gasteiger partial charge on any atom is 0.262 e. The molecule has 0 aliphatic rings. The van der Waals surface area contributed by atoms with Crippen molar-refractivity contribution in [1.82, 2.24) is 20.3 Å². The summed E-state index contributed by atoms with van der Waals surface area (Å²) in [7, 11) is 1.59. The molecule has 0 unspecified atom stereocenters. The Labute approximate surface area is 115 Å². The van der Waals surface area contributed by atoms with Gasteiger partial charge in [-0.15, -0.1) is 0 Å². The van der Waals surface area contributed by atoms with Crippen LogP contribution in [-0.2, 0) is 0 Å². The van der Waals surface area contributed by atoms with E-state index < -0.39 is 0 Å². The zero-order valence-corrected chi connectivity index (χ0v) is 11.8. The van der Waals surface area contributed by atoms with Crippen molar-refractivity contribution in [2.75, 3.05) is 12.4 Å². The molecule has 7 heteroatoms. The molecule has 2 heterocycles. The summed E-state index contributed by atoms with van der Waals surface area (Å²) < 4.78 is 0. The van der Waals surface area contributed by atoms with E-state index in [4.69, 9.17) is 0 Å². The first-order chi connectivity index (χ1) is 9.10. The van der Waals surface area contributed by atoms with Gasteiger partial charge in [0.15, 0.2) is 5.13 Å². The molecule has 0 fully saturated rings. The van der Waals surface area contributed by atoms with Crippen LogP contribution in [-0.4, -0.2) is 27.9 Å². The Hall–Kier alpha value is -2.02. The highest BCUT2D eigenvalue weighted by Crippen LogP contribution is 2.21. The lowest BCUT2D eigenvalue weighted by Gasteiger charge is -2.06. The van der Waals surface area contributed by atoms with Crippen molar-refractivity contribution in [2.24, 2.45) is 0 Å². The predicted molar refractivity (Wildman–Crippen MR) is 74.9 cm³/mol. The SMILES string of the molecule is CNC(=O)c1cnc(Nc2nccc(C(C)C)n2)s1. The minimum Gasteiger partial charge on any atom is -0.354 e. The Kier molecular flexibility index (Phi) is 4.06. The van der Waals surface area contributed by atoms with Gasteiger partial charge in [0.25, 0.3) is 5.91 Å². The van der Waals surface area contributed by atoms with Crippen molar-refractivity contribution in [1.29, 1.82) is 0 Å². The highest BCUT2D eigenvalue weighted by atomic mass is 32.1. The molecule has 2 aromatic rings. The van der Waals surface area contributed by atoms with Crippen LogP contribution in [0, 0.1) is 0 Å². The first-order valence-electron chi connectivity index (χ1n) is 5.88. The molecule has 19 heavy (non-hydrogen) atoms. The van der Waals surface area contributed by atoms with Crippen LogP contribution in [0.25, 0.3) is 0 Å². The normalized spacial score (nSPS) is 10.5. The fourth-order valence-electron chi connectivity index (χ4n) is 1.41. The molecular weight excluding hydrogens is 262 g/mol. The molecule has 0 aliphatic heterocycles. The van der Waals surface area contributed by atoms with Crippen LogP contribution >= 0.6 is 11.3 Å². The molecule has 0 saturated carbocycles. The Balaban J connectivity index is 2.15. The molecule has 0 aliphatic carbocycles. The lowest BCUT2D eigenvalue weighted by molar-refractivity contribution is 0.0967. The summed E-state index contributed by atoms with van der Waals surface area (Å²) in [5, 5.41) is 6.16. The van der Waals surface area contributed by atoms with Crippen molar-refractivity contribution in [2.45, 2.75) is 19.8 Å². The van der Waals surface area contributed by atoms with Gasteiger partial charge in [-0.3, -0.25) is 4.79 Å². The van der Waals surface area contributed by atoms with Crippen LogP contribution in [0.3, 0.4) is 0 Å². The van der Waals surface area contributed by atoms with Gasteiger partial charge in [-0.05, 0) is 12.0 Å². The van der Waals surface area contributed by atoms with Crippen LogP contribution < -0.4 is 10.6 Å². The van der Waals surface area contributed by atoms with Gasteiger partial charge in [0.2, 0.25) is 5.95 Å². The van der Waals surface area contributed by atoms with Crippen molar-refractivity contribution in [3.05, 3.63) is 29.0 Å².